The number of hydrogen-bond donors (Lipinski definition) is 0. The molecule has 3 nitrogen and oxygen atoms in total. The Kier molecular flexibility index (Phi) is 2.86. The lowest BCUT2D eigenvalue weighted by Gasteiger charge is -2.29. The fourth-order valence-corrected chi connectivity index (χ4v) is 1.92. The maximum atomic E-state index is 11.5. The molecular weight excluding hydrogens is 202 g/mol. The van der Waals surface area contributed by atoms with Crippen molar-refractivity contribution in [3.05, 3.63) is 23.8 Å². The molecule has 0 unspecified atom stereocenters. The Labute approximate surface area is 96.0 Å². The Balaban J connectivity index is 2.44. The zero-order valence-corrected chi connectivity index (χ0v) is 9.99. The maximum Gasteiger partial charge on any atom is 0.224 e. The Morgan fingerprint density at radius 2 is 2.19 bits per heavy atom. The highest BCUT2D eigenvalue weighted by Crippen LogP contribution is 2.34. The Hall–Kier alpha value is -1.51. The Morgan fingerprint density at radius 3 is 2.81 bits per heavy atom. The SMILES string of the molecule is CC(=O)N1CCOc2ccc(C(C)C)cc21. The second-order valence-corrected chi connectivity index (χ2v) is 4.40. The van der Waals surface area contributed by atoms with Gasteiger partial charge in [-0.25, -0.2) is 0 Å². The molecule has 86 valence electrons. The Morgan fingerprint density at radius 1 is 1.44 bits per heavy atom. The van der Waals surface area contributed by atoms with Gasteiger partial charge in [0, 0.05) is 6.92 Å². The standard InChI is InChI=1S/C13H17NO2/c1-9(2)11-4-5-13-12(8-11)14(10(3)15)6-7-16-13/h4-5,8-9H,6-7H2,1-3H3. The summed E-state index contributed by atoms with van der Waals surface area (Å²) < 4.78 is 5.54. The van der Waals surface area contributed by atoms with Gasteiger partial charge in [-0.1, -0.05) is 19.9 Å². The molecule has 1 aromatic carbocycles. The third-order valence-corrected chi connectivity index (χ3v) is 2.89. The summed E-state index contributed by atoms with van der Waals surface area (Å²) in [6.07, 6.45) is 0. The van der Waals surface area contributed by atoms with Gasteiger partial charge in [-0.3, -0.25) is 4.79 Å². The summed E-state index contributed by atoms with van der Waals surface area (Å²) in [7, 11) is 0. The van der Waals surface area contributed by atoms with E-state index in [0.29, 0.717) is 19.1 Å². The van der Waals surface area contributed by atoms with Crippen LogP contribution < -0.4 is 9.64 Å². The predicted molar refractivity (Wildman–Crippen MR) is 64.1 cm³/mol. The molecular formula is C13H17NO2. The quantitative estimate of drug-likeness (QED) is 0.726. The number of anilines is 1. The van der Waals surface area contributed by atoms with Crippen LogP contribution in [0.1, 0.15) is 32.3 Å². The average Bonchev–Trinajstić information content (AvgIpc) is 2.27. The van der Waals surface area contributed by atoms with Gasteiger partial charge in [0.1, 0.15) is 12.4 Å². The summed E-state index contributed by atoms with van der Waals surface area (Å²) in [4.78, 5) is 13.3. The predicted octanol–water partition coefficient (Wildman–Crippen LogP) is 2.56. The molecule has 0 saturated carbocycles. The highest BCUT2D eigenvalue weighted by atomic mass is 16.5. The zero-order valence-electron chi connectivity index (χ0n) is 9.99. The Bertz CT molecular complexity index is 412. The lowest BCUT2D eigenvalue weighted by Crippen LogP contribution is -2.36. The van der Waals surface area contributed by atoms with Crippen LogP contribution >= 0.6 is 0 Å². The molecule has 1 aliphatic heterocycles. The summed E-state index contributed by atoms with van der Waals surface area (Å²) in [5.41, 5.74) is 2.14. The van der Waals surface area contributed by atoms with Crippen LogP contribution in [-0.4, -0.2) is 19.1 Å². The first-order chi connectivity index (χ1) is 7.59. The number of benzene rings is 1. The van der Waals surface area contributed by atoms with Crippen LogP contribution in [-0.2, 0) is 4.79 Å². The van der Waals surface area contributed by atoms with E-state index >= 15 is 0 Å². The molecule has 2 rings (SSSR count). The summed E-state index contributed by atoms with van der Waals surface area (Å²) in [6, 6.07) is 6.08. The number of hydrogen-bond acceptors (Lipinski definition) is 2. The van der Waals surface area contributed by atoms with Gasteiger partial charge in [0.2, 0.25) is 5.91 Å². The molecule has 3 heteroatoms. The van der Waals surface area contributed by atoms with Crippen LogP contribution in [0.3, 0.4) is 0 Å². The van der Waals surface area contributed by atoms with Crippen LogP contribution in [0.2, 0.25) is 0 Å². The minimum atomic E-state index is 0.0745. The van der Waals surface area contributed by atoms with Crippen molar-refractivity contribution in [2.24, 2.45) is 0 Å². The lowest BCUT2D eigenvalue weighted by molar-refractivity contribution is -0.116. The van der Waals surface area contributed by atoms with E-state index in [4.69, 9.17) is 4.74 Å². The number of amides is 1. The van der Waals surface area contributed by atoms with Gasteiger partial charge in [0.25, 0.3) is 0 Å². The summed E-state index contributed by atoms with van der Waals surface area (Å²) in [5, 5.41) is 0. The van der Waals surface area contributed by atoms with Gasteiger partial charge >= 0.3 is 0 Å². The largest absolute Gasteiger partial charge is 0.490 e. The molecule has 0 bridgehead atoms. The van der Waals surface area contributed by atoms with Crippen LogP contribution in [0.15, 0.2) is 18.2 Å². The molecule has 0 aromatic heterocycles. The first kappa shape index (κ1) is 11.0. The van der Waals surface area contributed by atoms with Gasteiger partial charge in [0.05, 0.1) is 12.2 Å². The van der Waals surface area contributed by atoms with E-state index in [0.717, 1.165) is 11.4 Å². The number of nitrogens with zero attached hydrogens (tertiary/aromatic N) is 1. The molecule has 0 atom stereocenters. The molecule has 0 N–H and O–H groups in total. The van der Waals surface area contributed by atoms with Gasteiger partial charge in [-0.15, -0.1) is 0 Å². The van der Waals surface area contributed by atoms with Crippen LogP contribution in [0.4, 0.5) is 5.69 Å². The number of ether oxygens (including phenoxy) is 1. The minimum absolute atomic E-state index is 0.0745. The highest BCUT2D eigenvalue weighted by molar-refractivity contribution is 5.93. The van der Waals surface area contributed by atoms with E-state index in [9.17, 15) is 4.79 Å². The van der Waals surface area contributed by atoms with Crippen molar-refractivity contribution < 1.29 is 9.53 Å². The second-order valence-electron chi connectivity index (χ2n) is 4.40. The molecule has 1 heterocycles. The summed E-state index contributed by atoms with van der Waals surface area (Å²) >= 11 is 0. The van der Waals surface area contributed by atoms with Crippen molar-refractivity contribution in [1.29, 1.82) is 0 Å². The van der Waals surface area contributed by atoms with Crippen LogP contribution in [0.5, 0.6) is 5.75 Å². The number of carbonyl (C=O) groups is 1. The van der Waals surface area contributed by atoms with E-state index in [2.05, 4.69) is 26.0 Å². The normalized spacial score (nSPS) is 14.6. The fraction of sp³-hybridized carbons (Fsp3) is 0.462. The van der Waals surface area contributed by atoms with E-state index in [-0.39, 0.29) is 5.91 Å². The molecule has 0 radical (unpaired) electrons. The van der Waals surface area contributed by atoms with E-state index in [1.807, 2.05) is 6.07 Å². The molecule has 1 aliphatic rings. The average molecular weight is 219 g/mol. The third kappa shape index (κ3) is 1.90. The van der Waals surface area contributed by atoms with Crippen molar-refractivity contribution in [1.82, 2.24) is 0 Å². The van der Waals surface area contributed by atoms with Crippen molar-refractivity contribution in [2.75, 3.05) is 18.1 Å². The summed E-state index contributed by atoms with van der Waals surface area (Å²) in [5.74, 6) is 1.34. The lowest BCUT2D eigenvalue weighted by atomic mass is 10.0. The first-order valence-corrected chi connectivity index (χ1v) is 5.64. The zero-order chi connectivity index (χ0) is 11.7. The molecule has 0 saturated heterocycles. The number of fused-ring (bicyclic) bond motifs is 1. The van der Waals surface area contributed by atoms with Crippen molar-refractivity contribution >= 4 is 11.6 Å². The smallest absolute Gasteiger partial charge is 0.224 e. The summed E-state index contributed by atoms with van der Waals surface area (Å²) in [6.45, 7) is 7.10. The van der Waals surface area contributed by atoms with E-state index in [1.54, 1.807) is 11.8 Å². The molecule has 0 spiro atoms. The highest BCUT2D eigenvalue weighted by Gasteiger charge is 2.21. The number of carbonyl (C=O) groups excluding carboxylic acids is 1. The van der Waals surface area contributed by atoms with Crippen molar-refractivity contribution in [3.8, 4) is 5.75 Å². The molecule has 0 aliphatic carbocycles. The van der Waals surface area contributed by atoms with Gasteiger partial charge in [-0.2, -0.15) is 0 Å². The van der Waals surface area contributed by atoms with E-state index < -0.39 is 0 Å². The van der Waals surface area contributed by atoms with Gasteiger partial charge in [-0.05, 0) is 23.6 Å². The third-order valence-electron chi connectivity index (χ3n) is 2.89. The number of rotatable bonds is 1. The van der Waals surface area contributed by atoms with Crippen molar-refractivity contribution in [3.63, 3.8) is 0 Å². The van der Waals surface area contributed by atoms with E-state index in [1.165, 1.54) is 5.56 Å². The molecule has 1 aromatic rings. The van der Waals surface area contributed by atoms with Crippen LogP contribution in [0, 0.1) is 0 Å². The monoisotopic (exact) mass is 219 g/mol. The molecule has 1 amide bonds. The van der Waals surface area contributed by atoms with Gasteiger partial charge < -0.3 is 9.64 Å². The second kappa shape index (κ2) is 4.16. The van der Waals surface area contributed by atoms with Gasteiger partial charge in [0.15, 0.2) is 0 Å². The topological polar surface area (TPSA) is 29.5 Å². The van der Waals surface area contributed by atoms with Crippen LogP contribution in [0.25, 0.3) is 0 Å². The minimum Gasteiger partial charge on any atom is -0.490 e. The van der Waals surface area contributed by atoms with Crippen molar-refractivity contribution in [2.45, 2.75) is 26.7 Å². The first-order valence-electron chi connectivity index (χ1n) is 5.64. The molecule has 16 heavy (non-hydrogen) atoms. The maximum absolute atomic E-state index is 11.5. The fourth-order valence-electron chi connectivity index (χ4n) is 1.92. The molecule has 0 fully saturated rings.